The van der Waals surface area contributed by atoms with Gasteiger partial charge in [-0.3, -0.25) is 29.4 Å². The van der Waals surface area contributed by atoms with Crippen LogP contribution in [-0.2, 0) is 16.1 Å². The van der Waals surface area contributed by atoms with Crippen LogP contribution < -0.4 is 26.1 Å². The Kier molecular flexibility index (Phi) is 10.1. The fourth-order valence-electron chi connectivity index (χ4n) is 6.99. The molecule has 8 rings (SSSR count). The molecule has 15 nitrogen and oxygen atoms in total. The molecule has 3 aromatic heterocycles. The van der Waals surface area contributed by atoms with E-state index in [1.54, 1.807) is 48.9 Å². The minimum absolute atomic E-state index is 0.171. The molecule has 1 atom stereocenters. The summed E-state index contributed by atoms with van der Waals surface area (Å²) >= 11 is 0. The smallest absolute Gasteiger partial charge is 0.275 e. The molecule has 2 aliphatic heterocycles. The van der Waals surface area contributed by atoms with E-state index in [1.165, 1.54) is 15.4 Å². The zero-order chi connectivity index (χ0) is 38.6. The molecule has 0 radical (unpaired) electrons. The van der Waals surface area contributed by atoms with E-state index < -0.39 is 11.9 Å². The molecule has 2 fully saturated rings. The van der Waals surface area contributed by atoms with Gasteiger partial charge in [-0.15, -0.1) is 0 Å². The molecule has 0 saturated carbocycles. The van der Waals surface area contributed by atoms with Crippen molar-refractivity contribution in [3.63, 3.8) is 0 Å². The number of piperidine rings is 1. The summed E-state index contributed by atoms with van der Waals surface area (Å²) in [5.41, 5.74) is 3.94. The van der Waals surface area contributed by atoms with Gasteiger partial charge < -0.3 is 9.64 Å². The Morgan fingerprint density at radius 1 is 0.857 bits per heavy atom. The molecule has 3 aromatic carbocycles. The van der Waals surface area contributed by atoms with Gasteiger partial charge in [-0.2, -0.15) is 15.5 Å². The second-order valence-electron chi connectivity index (χ2n) is 13.7. The Labute approximate surface area is 320 Å². The third-order valence-electron chi connectivity index (χ3n) is 10.0. The molecule has 1 N–H and O–H groups in total. The number of carbonyl (C=O) groups is 2. The van der Waals surface area contributed by atoms with Gasteiger partial charge in [0.2, 0.25) is 5.91 Å². The second kappa shape index (κ2) is 15.7. The second-order valence-corrected chi connectivity index (χ2v) is 13.7. The molecule has 280 valence electrons. The summed E-state index contributed by atoms with van der Waals surface area (Å²) in [7, 11) is 0. The first kappa shape index (κ1) is 36.0. The molecule has 0 aliphatic carbocycles. The monoisotopic (exact) mass is 748 g/mol. The largest absolute Gasteiger partial charge is 0.489 e. The van der Waals surface area contributed by atoms with E-state index in [1.807, 2.05) is 42.5 Å². The SMILES string of the molecule is N#Cc1cccc(-c2ccc(=O)n(Cc3cccc(-c4ncc(OCCN5CCN(c6ccc7c(=O)n(C8CCC(=O)NC8=O)ncc7c6)CC5)cn4)c3)n2)c1. The summed E-state index contributed by atoms with van der Waals surface area (Å²) in [4.78, 5) is 63.4. The Bertz CT molecular complexity index is 2610. The lowest BCUT2D eigenvalue weighted by atomic mass is 10.1. The number of nitrogens with one attached hydrogen (secondary N) is 1. The summed E-state index contributed by atoms with van der Waals surface area (Å²) in [5, 5.41) is 21.6. The number of rotatable bonds is 10. The summed E-state index contributed by atoms with van der Waals surface area (Å²) in [6, 6.07) is 24.9. The van der Waals surface area contributed by atoms with Crippen LogP contribution in [0.4, 0.5) is 5.69 Å². The lowest BCUT2D eigenvalue weighted by molar-refractivity contribution is -0.136. The van der Waals surface area contributed by atoms with E-state index in [4.69, 9.17) is 4.74 Å². The van der Waals surface area contributed by atoms with Crippen LogP contribution in [0.5, 0.6) is 5.75 Å². The maximum Gasteiger partial charge on any atom is 0.275 e. The van der Waals surface area contributed by atoms with Crippen LogP contribution >= 0.6 is 0 Å². The number of anilines is 1. The molecule has 0 bridgehead atoms. The van der Waals surface area contributed by atoms with Crippen LogP contribution in [0.2, 0.25) is 0 Å². The van der Waals surface area contributed by atoms with Crippen molar-refractivity contribution in [3.05, 3.63) is 129 Å². The van der Waals surface area contributed by atoms with Crippen LogP contribution in [0.1, 0.15) is 30.0 Å². The van der Waals surface area contributed by atoms with E-state index in [2.05, 4.69) is 41.4 Å². The lowest BCUT2D eigenvalue weighted by Gasteiger charge is -2.36. The van der Waals surface area contributed by atoms with Gasteiger partial charge in [-0.1, -0.05) is 30.3 Å². The number of imide groups is 1. The molecule has 15 heteroatoms. The average Bonchev–Trinajstić information content (AvgIpc) is 3.23. The number of carbonyl (C=O) groups excluding carboxylic acids is 2. The van der Waals surface area contributed by atoms with Crippen molar-refractivity contribution in [1.82, 2.24) is 39.7 Å². The highest BCUT2D eigenvalue weighted by atomic mass is 16.5. The summed E-state index contributed by atoms with van der Waals surface area (Å²) in [6.07, 6.45) is 5.34. The van der Waals surface area contributed by atoms with Gasteiger partial charge in [0.25, 0.3) is 17.0 Å². The number of fused-ring (bicyclic) bond motifs is 1. The maximum absolute atomic E-state index is 13.2. The highest BCUT2D eigenvalue weighted by Crippen LogP contribution is 2.24. The molecular weight excluding hydrogens is 713 g/mol. The number of nitriles is 1. The van der Waals surface area contributed by atoms with Crippen LogP contribution in [0.15, 0.2) is 107 Å². The fraction of sp³-hybridized carbons (Fsp3) is 0.244. The molecule has 5 heterocycles. The number of hydrogen-bond donors (Lipinski definition) is 1. The highest BCUT2D eigenvalue weighted by Gasteiger charge is 2.30. The van der Waals surface area contributed by atoms with Crippen molar-refractivity contribution in [3.8, 4) is 34.5 Å². The van der Waals surface area contributed by atoms with Gasteiger partial charge in [0, 0.05) is 67.4 Å². The number of amides is 2. The minimum Gasteiger partial charge on any atom is -0.489 e. The Hall–Kier alpha value is -7.05. The first-order chi connectivity index (χ1) is 27.3. The predicted molar refractivity (Wildman–Crippen MR) is 207 cm³/mol. The van der Waals surface area contributed by atoms with Crippen LogP contribution in [0.3, 0.4) is 0 Å². The van der Waals surface area contributed by atoms with E-state index >= 15 is 0 Å². The minimum atomic E-state index is -0.798. The van der Waals surface area contributed by atoms with Gasteiger partial charge in [0.15, 0.2) is 11.6 Å². The van der Waals surface area contributed by atoms with Crippen LogP contribution in [0, 0.1) is 11.3 Å². The molecule has 2 saturated heterocycles. The van der Waals surface area contributed by atoms with Gasteiger partial charge in [-0.25, -0.2) is 19.3 Å². The number of nitrogens with zero attached hydrogens (tertiary/aromatic N) is 9. The van der Waals surface area contributed by atoms with E-state index in [9.17, 15) is 24.4 Å². The Balaban J connectivity index is 0.829. The molecule has 56 heavy (non-hydrogen) atoms. The third kappa shape index (κ3) is 7.77. The standard InChI is InChI=1S/C41H36N10O5/c42-22-27-3-1-5-29(19-27)35-9-12-38(53)50(47-35)26-28-4-2-6-30(20-28)39-43-24-33(25-44-39)56-18-17-48-13-15-49(16-14-48)32-7-8-34-31(21-32)23-45-51(41(34)55)36-10-11-37(52)46-40(36)54/h1-9,12,19-21,23-25,36H,10-11,13-18,26H2,(H,46,52,54). The number of benzene rings is 3. The van der Waals surface area contributed by atoms with Crippen molar-refractivity contribution in [2.24, 2.45) is 0 Å². The molecule has 6 aromatic rings. The van der Waals surface area contributed by atoms with Crippen molar-refractivity contribution in [1.29, 1.82) is 5.26 Å². The number of ether oxygens (including phenoxy) is 1. The first-order valence-corrected chi connectivity index (χ1v) is 18.3. The van der Waals surface area contributed by atoms with Gasteiger partial charge in [-0.05, 0) is 54.4 Å². The van der Waals surface area contributed by atoms with Gasteiger partial charge in [0.05, 0.1) is 47.8 Å². The number of aromatic nitrogens is 6. The van der Waals surface area contributed by atoms with Gasteiger partial charge in [0.1, 0.15) is 12.6 Å². The van der Waals surface area contributed by atoms with Crippen LogP contribution in [-0.4, -0.2) is 85.6 Å². The van der Waals surface area contributed by atoms with E-state index in [0.717, 1.165) is 55.1 Å². The maximum atomic E-state index is 13.2. The third-order valence-corrected chi connectivity index (χ3v) is 10.0. The highest BCUT2D eigenvalue weighted by molar-refractivity contribution is 5.99. The van der Waals surface area contributed by atoms with Crippen molar-refractivity contribution >= 4 is 28.3 Å². The molecule has 0 spiro atoms. The number of piperazine rings is 1. The van der Waals surface area contributed by atoms with Gasteiger partial charge >= 0.3 is 0 Å². The molecular formula is C41H36N10O5. The topological polar surface area (TPSA) is 181 Å². The fourth-order valence-corrected chi connectivity index (χ4v) is 6.99. The Morgan fingerprint density at radius 3 is 2.46 bits per heavy atom. The Morgan fingerprint density at radius 2 is 1.66 bits per heavy atom. The molecule has 2 aliphatic rings. The summed E-state index contributed by atoms with van der Waals surface area (Å²) < 4.78 is 8.57. The first-order valence-electron chi connectivity index (χ1n) is 18.3. The van der Waals surface area contributed by atoms with Crippen LogP contribution in [0.25, 0.3) is 33.4 Å². The zero-order valence-electron chi connectivity index (χ0n) is 30.2. The summed E-state index contributed by atoms with van der Waals surface area (Å²) in [5.74, 6) is 0.254. The molecule has 2 amide bonds. The van der Waals surface area contributed by atoms with E-state index in [0.29, 0.717) is 40.2 Å². The van der Waals surface area contributed by atoms with Crippen molar-refractivity contribution in [2.75, 3.05) is 44.2 Å². The van der Waals surface area contributed by atoms with Crippen molar-refractivity contribution < 1.29 is 14.3 Å². The van der Waals surface area contributed by atoms with Crippen molar-refractivity contribution in [2.45, 2.75) is 25.4 Å². The number of hydrogen-bond acceptors (Lipinski definition) is 12. The summed E-state index contributed by atoms with van der Waals surface area (Å²) in [6.45, 7) is 4.74. The predicted octanol–water partition coefficient (Wildman–Crippen LogP) is 3.18. The lowest BCUT2D eigenvalue weighted by Crippen LogP contribution is -2.47. The molecule has 1 unspecified atom stereocenters. The average molecular weight is 749 g/mol. The quantitative estimate of drug-likeness (QED) is 0.203. The zero-order valence-corrected chi connectivity index (χ0v) is 30.2. The normalized spacial score (nSPS) is 16.1. The van der Waals surface area contributed by atoms with E-state index in [-0.39, 0.29) is 36.4 Å².